The third-order valence-electron chi connectivity index (χ3n) is 5.02. The second-order valence-electron chi connectivity index (χ2n) is 7.65. The standard InChI is InChI=1S/C21H34N6O2S/c1-8-22-21(24-15(2)13-20-16(3)25-27(7)17(20)4)23-14-18-9-11-19(12-10-18)30(28,29)26(5)6/h9-12,15H,8,13-14H2,1-7H3,(H2,22,23,24). The molecule has 166 valence electrons. The zero-order valence-electron chi connectivity index (χ0n) is 19.0. The second kappa shape index (κ2) is 10.1. The smallest absolute Gasteiger partial charge is 0.242 e. The van der Waals surface area contributed by atoms with Crippen molar-refractivity contribution in [3.05, 3.63) is 46.8 Å². The van der Waals surface area contributed by atoms with Crippen LogP contribution in [-0.4, -0.2) is 55.1 Å². The molecule has 1 unspecified atom stereocenters. The lowest BCUT2D eigenvalue weighted by Crippen LogP contribution is -2.43. The number of hydrogen-bond acceptors (Lipinski definition) is 4. The van der Waals surface area contributed by atoms with E-state index in [1.165, 1.54) is 29.7 Å². The van der Waals surface area contributed by atoms with Crippen molar-refractivity contribution < 1.29 is 8.42 Å². The van der Waals surface area contributed by atoms with Gasteiger partial charge in [-0.25, -0.2) is 17.7 Å². The molecule has 0 bridgehead atoms. The second-order valence-corrected chi connectivity index (χ2v) is 9.80. The van der Waals surface area contributed by atoms with E-state index in [9.17, 15) is 8.42 Å². The fourth-order valence-electron chi connectivity index (χ4n) is 3.17. The lowest BCUT2D eigenvalue weighted by molar-refractivity contribution is 0.520. The zero-order valence-corrected chi connectivity index (χ0v) is 19.8. The third-order valence-corrected chi connectivity index (χ3v) is 6.85. The zero-order chi connectivity index (χ0) is 22.5. The summed E-state index contributed by atoms with van der Waals surface area (Å²) in [5, 5.41) is 11.2. The van der Waals surface area contributed by atoms with Crippen LogP contribution in [0.5, 0.6) is 0 Å². The maximum atomic E-state index is 12.2. The maximum absolute atomic E-state index is 12.2. The summed E-state index contributed by atoms with van der Waals surface area (Å²) < 4.78 is 27.5. The van der Waals surface area contributed by atoms with E-state index in [0.717, 1.165) is 30.2 Å². The average Bonchev–Trinajstić information content (AvgIpc) is 2.92. The van der Waals surface area contributed by atoms with Gasteiger partial charge in [-0.2, -0.15) is 5.10 Å². The van der Waals surface area contributed by atoms with Gasteiger partial charge in [0.05, 0.1) is 17.1 Å². The van der Waals surface area contributed by atoms with Gasteiger partial charge >= 0.3 is 0 Å². The highest BCUT2D eigenvalue weighted by Crippen LogP contribution is 2.15. The maximum Gasteiger partial charge on any atom is 0.242 e. The Morgan fingerprint density at radius 1 is 1.23 bits per heavy atom. The summed E-state index contributed by atoms with van der Waals surface area (Å²) in [6.07, 6.45) is 0.854. The van der Waals surface area contributed by atoms with Gasteiger partial charge in [-0.3, -0.25) is 4.68 Å². The Hall–Kier alpha value is -2.39. The van der Waals surface area contributed by atoms with Crippen molar-refractivity contribution in [1.29, 1.82) is 0 Å². The molecule has 0 radical (unpaired) electrons. The van der Waals surface area contributed by atoms with Gasteiger partial charge in [-0.05, 0) is 57.4 Å². The molecule has 0 saturated carbocycles. The first-order valence-electron chi connectivity index (χ1n) is 10.1. The summed E-state index contributed by atoms with van der Waals surface area (Å²) >= 11 is 0. The van der Waals surface area contributed by atoms with Gasteiger partial charge < -0.3 is 10.6 Å². The molecule has 0 aliphatic heterocycles. The Bertz CT molecular complexity index is 978. The normalized spacial score (nSPS) is 13.5. The predicted octanol–water partition coefficient (Wildman–Crippen LogP) is 1.97. The highest BCUT2D eigenvalue weighted by atomic mass is 32.2. The van der Waals surface area contributed by atoms with Crippen molar-refractivity contribution in [1.82, 2.24) is 24.7 Å². The SMILES string of the molecule is CCNC(=NCc1ccc(S(=O)(=O)N(C)C)cc1)NC(C)Cc1c(C)nn(C)c1C. The first-order chi connectivity index (χ1) is 14.1. The molecule has 1 aromatic carbocycles. The summed E-state index contributed by atoms with van der Waals surface area (Å²) in [5.74, 6) is 0.731. The number of nitrogens with one attached hydrogen (secondary N) is 2. The number of aryl methyl sites for hydroxylation is 2. The summed E-state index contributed by atoms with van der Waals surface area (Å²) in [4.78, 5) is 4.93. The molecule has 1 atom stereocenters. The molecule has 1 aromatic heterocycles. The lowest BCUT2D eigenvalue weighted by atomic mass is 10.1. The molecule has 9 heteroatoms. The van der Waals surface area contributed by atoms with E-state index in [2.05, 4.69) is 34.6 Å². The molecule has 0 aliphatic carbocycles. The van der Waals surface area contributed by atoms with Crippen LogP contribution in [0.25, 0.3) is 0 Å². The van der Waals surface area contributed by atoms with E-state index in [1.54, 1.807) is 24.3 Å². The highest BCUT2D eigenvalue weighted by Gasteiger charge is 2.17. The van der Waals surface area contributed by atoms with Crippen LogP contribution in [0.15, 0.2) is 34.2 Å². The largest absolute Gasteiger partial charge is 0.357 e. The van der Waals surface area contributed by atoms with Gasteiger partial charge in [0.25, 0.3) is 0 Å². The van der Waals surface area contributed by atoms with Crippen LogP contribution in [0, 0.1) is 13.8 Å². The molecule has 1 heterocycles. The van der Waals surface area contributed by atoms with Crippen LogP contribution in [0.2, 0.25) is 0 Å². The topological polar surface area (TPSA) is 91.6 Å². The Balaban J connectivity index is 2.06. The summed E-state index contributed by atoms with van der Waals surface area (Å²) in [6.45, 7) is 9.48. The van der Waals surface area contributed by atoms with E-state index in [0.29, 0.717) is 6.54 Å². The first-order valence-corrected chi connectivity index (χ1v) is 11.6. The van der Waals surface area contributed by atoms with Crippen LogP contribution >= 0.6 is 0 Å². The van der Waals surface area contributed by atoms with Crippen LogP contribution in [0.3, 0.4) is 0 Å². The van der Waals surface area contributed by atoms with E-state index < -0.39 is 10.0 Å². The summed E-state index contributed by atoms with van der Waals surface area (Å²) in [5.41, 5.74) is 4.43. The summed E-state index contributed by atoms with van der Waals surface area (Å²) in [6, 6.07) is 7.02. The molecule has 0 aliphatic rings. The molecule has 30 heavy (non-hydrogen) atoms. The number of aliphatic imine (C=N–C) groups is 1. The number of guanidine groups is 1. The fourth-order valence-corrected chi connectivity index (χ4v) is 4.07. The minimum atomic E-state index is -3.42. The van der Waals surface area contributed by atoms with Gasteiger partial charge in [0.1, 0.15) is 0 Å². The van der Waals surface area contributed by atoms with Gasteiger partial charge in [0.2, 0.25) is 10.0 Å². The third kappa shape index (κ3) is 5.82. The van der Waals surface area contributed by atoms with Crippen molar-refractivity contribution in [3.8, 4) is 0 Å². The monoisotopic (exact) mass is 434 g/mol. The lowest BCUT2D eigenvalue weighted by Gasteiger charge is -2.18. The van der Waals surface area contributed by atoms with Crippen LogP contribution in [0.1, 0.15) is 36.4 Å². The van der Waals surface area contributed by atoms with Crippen LogP contribution in [0.4, 0.5) is 0 Å². The summed E-state index contributed by atoms with van der Waals surface area (Å²) in [7, 11) is 1.59. The number of nitrogens with zero attached hydrogens (tertiary/aromatic N) is 4. The Morgan fingerprint density at radius 2 is 1.87 bits per heavy atom. The molecule has 0 amide bonds. The number of aromatic nitrogens is 2. The Kier molecular flexibility index (Phi) is 8.03. The van der Waals surface area contributed by atoms with Gasteiger partial charge in [0.15, 0.2) is 5.96 Å². The highest BCUT2D eigenvalue weighted by molar-refractivity contribution is 7.89. The minimum absolute atomic E-state index is 0.178. The molecule has 0 fully saturated rings. The Morgan fingerprint density at radius 3 is 2.37 bits per heavy atom. The number of sulfonamides is 1. The van der Waals surface area contributed by atoms with E-state index in [-0.39, 0.29) is 10.9 Å². The average molecular weight is 435 g/mol. The molecule has 2 rings (SSSR count). The van der Waals surface area contributed by atoms with E-state index >= 15 is 0 Å². The fraction of sp³-hybridized carbons (Fsp3) is 0.524. The molecule has 2 N–H and O–H groups in total. The number of benzene rings is 1. The molecule has 2 aromatic rings. The van der Waals surface area contributed by atoms with Gasteiger partial charge in [-0.15, -0.1) is 0 Å². The van der Waals surface area contributed by atoms with Crippen LogP contribution < -0.4 is 10.6 Å². The molecular formula is C21H34N6O2S. The van der Waals surface area contributed by atoms with Crippen molar-refractivity contribution in [2.75, 3.05) is 20.6 Å². The molecule has 0 spiro atoms. The Labute approximate surface area is 180 Å². The number of rotatable bonds is 8. The van der Waals surface area contributed by atoms with Gasteiger partial charge in [0, 0.05) is 39.4 Å². The minimum Gasteiger partial charge on any atom is -0.357 e. The van der Waals surface area contributed by atoms with Crippen LogP contribution in [-0.2, 0) is 30.0 Å². The molecule has 8 nitrogen and oxygen atoms in total. The van der Waals surface area contributed by atoms with E-state index in [4.69, 9.17) is 0 Å². The molecule has 0 saturated heterocycles. The van der Waals surface area contributed by atoms with Crippen molar-refractivity contribution in [3.63, 3.8) is 0 Å². The molecular weight excluding hydrogens is 400 g/mol. The first kappa shape index (κ1) is 23.9. The van der Waals surface area contributed by atoms with E-state index in [1.807, 2.05) is 25.6 Å². The quantitative estimate of drug-likeness (QED) is 0.490. The van der Waals surface area contributed by atoms with Gasteiger partial charge in [-0.1, -0.05) is 12.1 Å². The predicted molar refractivity (Wildman–Crippen MR) is 121 cm³/mol. The van der Waals surface area contributed by atoms with Crippen molar-refractivity contribution >= 4 is 16.0 Å². The number of hydrogen-bond donors (Lipinski definition) is 2. The van der Waals surface area contributed by atoms with Crippen molar-refractivity contribution in [2.24, 2.45) is 12.0 Å². The van der Waals surface area contributed by atoms with Crippen molar-refractivity contribution in [2.45, 2.75) is 51.6 Å².